The van der Waals surface area contributed by atoms with E-state index in [9.17, 15) is 0 Å². The highest BCUT2D eigenvalue weighted by molar-refractivity contribution is 5.12. The van der Waals surface area contributed by atoms with Gasteiger partial charge in [-0.05, 0) is 30.5 Å². The zero-order chi connectivity index (χ0) is 12.1. The zero-order valence-electron chi connectivity index (χ0n) is 10.1. The monoisotopic (exact) mass is 230 g/mol. The van der Waals surface area contributed by atoms with Gasteiger partial charge in [0.1, 0.15) is 5.82 Å². The van der Waals surface area contributed by atoms with Gasteiger partial charge >= 0.3 is 0 Å². The summed E-state index contributed by atoms with van der Waals surface area (Å²) in [6, 6.07) is 4.18. The third-order valence-corrected chi connectivity index (χ3v) is 2.78. The molecule has 4 heteroatoms. The minimum atomic E-state index is 0.249. The summed E-state index contributed by atoms with van der Waals surface area (Å²) < 4.78 is 2.09. The summed E-state index contributed by atoms with van der Waals surface area (Å²) in [4.78, 5) is 8.41. The first kappa shape index (κ1) is 11.8. The van der Waals surface area contributed by atoms with Gasteiger partial charge in [0.2, 0.25) is 0 Å². The molecular weight excluding hydrogens is 212 g/mol. The standard InChI is InChI=1S/C13H18N4/c1-2-12(14)8-11-4-7-17(9-11)10-13-15-5-3-6-16-13/h3-7,9,12H,2,8,10,14H2,1H3. The number of aromatic nitrogens is 3. The molecule has 2 rings (SSSR count). The molecule has 2 heterocycles. The van der Waals surface area contributed by atoms with E-state index in [-0.39, 0.29) is 6.04 Å². The van der Waals surface area contributed by atoms with Gasteiger partial charge in [-0.2, -0.15) is 0 Å². The Morgan fingerprint density at radius 1 is 1.35 bits per heavy atom. The van der Waals surface area contributed by atoms with Gasteiger partial charge in [0.15, 0.2) is 0 Å². The lowest BCUT2D eigenvalue weighted by Gasteiger charge is -2.06. The molecule has 2 N–H and O–H groups in total. The van der Waals surface area contributed by atoms with Crippen molar-refractivity contribution in [3.05, 3.63) is 48.3 Å². The van der Waals surface area contributed by atoms with Gasteiger partial charge in [-0.1, -0.05) is 6.92 Å². The first-order valence-electron chi connectivity index (χ1n) is 5.94. The van der Waals surface area contributed by atoms with Crippen molar-refractivity contribution in [3.8, 4) is 0 Å². The molecule has 17 heavy (non-hydrogen) atoms. The molecule has 0 aromatic carbocycles. The highest BCUT2D eigenvalue weighted by Gasteiger charge is 2.04. The van der Waals surface area contributed by atoms with Crippen molar-refractivity contribution >= 4 is 0 Å². The van der Waals surface area contributed by atoms with Gasteiger partial charge in [0, 0.05) is 30.8 Å². The predicted octanol–water partition coefficient (Wildman–Crippen LogP) is 1.61. The van der Waals surface area contributed by atoms with Gasteiger partial charge in [-0.25, -0.2) is 9.97 Å². The average molecular weight is 230 g/mol. The van der Waals surface area contributed by atoms with Gasteiger partial charge in [0.05, 0.1) is 6.54 Å². The fraction of sp³-hybridized carbons (Fsp3) is 0.385. The van der Waals surface area contributed by atoms with Crippen LogP contribution in [0.1, 0.15) is 24.7 Å². The lowest BCUT2D eigenvalue weighted by molar-refractivity contribution is 0.644. The minimum Gasteiger partial charge on any atom is -0.346 e. The van der Waals surface area contributed by atoms with Crippen molar-refractivity contribution in [1.82, 2.24) is 14.5 Å². The van der Waals surface area contributed by atoms with E-state index in [0.717, 1.165) is 18.7 Å². The molecule has 0 saturated carbocycles. The summed E-state index contributed by atoms with van der Waals surface area (Å²) in [5.41, 5.74) is 7.21. The third kappa shape index (κ3) is 3.39. The van der Waals surface area contributed by atoms with Crippen LogP contribution in [0.2, 0.25) is 0 Å². The van der Waals surface area contributed by atoms with Gasteiger partial charge in [0.25, 0.3) is 0 Å². The molecule has 2 aromatic rings. The Labute approximate surface area is 102 Å². The van der Waals surface area contributed by atoms with Gasteiger partial charge in [-0.3, -0.25) is 0 Å². The van der Waals surface area contributed by atoms with Crippen LogP contribution in [0.4, 0.5) is 0 Å². The molecule has 0 aliphatic carbocycles. The Balaban J connectivity index is 1.99. The Morgan fingerprint density at radius 2 is 2.12 bits per heavy atom. The van der Waals surface area contributed by atoms with E-state index in [1.54, 1.807) is 12.4 Å². The highest BCUT2D eigenvalue weighted by Crippen LogP contribution is 2.06. The number of hydrogen-bond donors (Lipinski definition) is 1. The SMILES string of the molecule is CCC(N)Cc1ccn(Cc2ncccn2)c1. The van der Waals surface area contributed by atoms with Crippen molar-refractivity contribution < 1.29 is 0 Å². The first-order chi connectivity index (χ1) is 8.28. The third-order valence-electron chi connectivity index (χ3n) is 2.78. The molecule has 0 amide bonds. The second-order valence-electron chi connectivity index (χ2n) is 4.23. The lowest BCUT2D eigenvalue weighted by atomic mass is 10.1. The molecule has 0 fully saturated rings. The van der Waals surface area contributed by atoms with Crippen molar-refractivity contribution in [2.45, 2.75) is 32.4 Å². The molecular formula is C13H18N4. The second-order valence-corrected chi connectivity index (χ2v) is 4.23. The quantitative estimate of drug-likeness (QED) is 0.849. The van der Waals surface area contributed by atoms with Crippen LogP contribution in [0.3, 0.4) is 0 Å². The lowest BCUT2D eigenvalue weighted by Crippen LogP contribution is -2.21. The molecule has 1 unspecified atom stereocenters. The van der Waals surface area contributed by atoms with Crippen LogP contribution in [-0.4, -0.2) is 20.6 Å². The number of nitrogens with two attached hydrogens (primary N) is 1. The molecule has 90 valence electrons. The van der Waals surface area contributed by atoms with E-state index in [1.807, 2.05) is 12.3 Å². The normalized spacial score (nSPS) is 12.6. The molecule has 2 aromatic heterocycles. The average Bonchev–Trinajstić information content (AvgIpc) is 2.77. The largest absolute Gasteiger partial charge is 0.346 e. The summed E-state index contributed by atoms with van der Waals surface area (Å²) in [5, 5.41) is 0. The van der Waals surface area contributed by atoms with Crippen molar-refractivity contribution in [3.63, 3.8) is 0 Å². The Kier molecular flexibility index (Phi) is 3.88. The zero-order valence-corrected chi connectivity index (χ0v) is 10.1. The van der Waals surface area contributed by atoms with E-state index in [1.165, 1.54) is 5.56 Å². The van der Waals surface area contributed by atoms with Crippen LogP contribution >= 0.6 is 0 Å². The molecule has 0 radical (unpaired) electrons. The number of hydrogen-bond acceptors (Lipinski definition) is 3. The minimum absolute atomic E-state index is 0.249. The smallest absolute Gasteiger partial charge is 0.147 e. The van der Waals surface area contributed by atoms with Gasteiger partial charge in [-0.15, -0.1) is 0 Å². The predicted molar refractivity (Wildman–Crippen MR) is 67.5 cm³/mol. The van der Waals surface area contributed by atoms with E-state index in [4.69, 9.17) is 5.73 Å². The topological polar surface area (TPSA) is 56.7 Å². The van der Waals surface area contributed by atoms with Crippen LogP contribution in [0.25, 0.3) is 0 Å². The molecule has 0 bridgehead atoms. The summed E-state index contributed by atoms with van der Waals surface area (Å²) in [7, 11) is 0. The fourth-order valence-electron chi connectivity index (χ4n) is 1.73. The molecule has 0 saturated heterocycles. The Hall–Kier alpha value is -1.68. The maximum atomic E-state index is 5.93. The summed E-state index contributed by atoms with van der Waals surface area (Å²) in [6.07, 6.45) is 9.63. The van der Waals surface area contributed by atoms with E-state index in [0.29, 0.717) is 6.54 Å². The summed E-state index contributed by atoms with van der Waals surface area (Å²) in [5.74, 6) is 0.828. The van der Waals surface area contributed by atoms with E-state index < -0.39 is 0 Å². The first-order valence-corrected chi connectivity index (χ1v) is 5.94. The highest BCUT2D eigenvalue weighted by atomic mass is 15.0. The van der Waals surface area contributed by atoms with Crippen LogP contribution in [-0.2, 0) is 13.0 Å². The second kappa shape index (κ2) is 5.59. The molecule has 1 atom stereocenters. The van der Waals surface area contributed by atoms with E-state index in [2.05, 4.69) is 33.7 Å². The summed E-state index contributed by atoms with van der Waals surface area (Å²) >= 11 is 0. The van der Waals surface area contributed by atoms with Crippen LogP contribution < -0.4 is 5.73 Å². The summed E-state index contributed by atoms with van der Waals surface area (Å²) in [6.45, 7) is 2.82. The van der Waals surface area contributed by atoms with Crippen LogP contribution in [0.15, 0.2) is 36.9 Å². The van der Waals surface area contributed by atoms with Crippen LogP contribution in [0.5, 0.6) is 0 Å². The fourth-order valence-corrected chi connectivity index (χ4v) is 1.73. The molecule has 0 aliphatic rings. The van der Waals surface area contributed by atoms with Crippen LogP contribution in [0, 0.1) is 0 Å². The maximum absolute atomic E-state index is 5.93. The molecule has 4 nitrogen and oxygen atoms in total. The molecule has 0 aliphatic heterocycles. The number of rotatable bonds is 5. The van der Waals surface area contributed by atoms with Crippen molar-refractivity contribution in [2.75, 3.05) is 0 Å². The van der Waals surface area contributed by atoms with Crippen molar-refractivity contribution in [1.29, 1.82) is 0 Å². The molecule has 0 spiro atoms. The number of nitrogens with zero attached hydrogens (tertiary/aromatic N) is 3. The Morgan fingerprint density at radius 3 is 2.82 bits per heavy atom. The van der Waals surface area contributed by atoms with E-state index >= 15 is 0 Å². The maximum Gasteiger partial charge on any atom is 0.147 e. The Bertz CT molecular complexity index is 449. The van der Waals surface area contributed by atoms with Gasteiger partial charge < -0.3 is 10.3 Å². The van der Waals surface area contributed by atoms with Crippen molar-refractivity contribution in [2.24, 2.45) is 5.73 Å².